The van der Waals surface area contributed by atoms with Crippen LogP contribution in [0.15, 0.2) is 91.0 Å². The molecule has 190 valence electrons. The Morgan fingerprint density at radius 1 is 0.838 bits per heavy atom. The Labute approximate surface area is 219 Å². The summed E-state index contributed by atoms with van der Waals surface area (Å²) in [6.45, 7) is 7.65. The molecular formula is C33H35NO3. The number of aliphatic hydroxyl groups excluding tert-OH is 1. The van der Waals surface area contributed by atoms with Crippen molar-refractivity contribution in [1.82, 2.24) is 0 Å². The molecule has 1 atom stereocenters. The van der Waals surface area contributed by atoms with E-state index in [0.717, 1.165) is 55.2 Å². The highest BCUT2D eigenvalue weighted by Gasteiger charge is 2.37. The Morgan fingerprint density at radius 3 is 2.14 bits per heavy atom. The number of aliphatic hydroxyl groups is 1. The van der Waals surface area contributed by atoms with E-state index >= 15 is 0 Å². The maximum Gasteiger partial charge on any atom is 0.178 e. The maximum absolute atomic E-state index is 7.88. The number of nitrogens with zero attached hydrogens (tertiary/aromatic N) is 1. The number of morpholine rings is 1. The van der Waals surface area contributed by atoms with E-state index in [4.69, 9.17) is 14.6 Å². The van der Waals surface area contributed by atoms with E-state index in [1.807, 2.05) is 6.92 Å². The lowest BCUT2D eigenvalue weighted by molar-refractivity contribution is 0.122. The van der Waals surface area contributed by atoms with Crippen LogP contribution in [0.1, 0.15) is 35.6 Å². The third-order valence-electron chi connectivity index (χ3n) is 7.04. The fraction of sp³-hybridized carbons (Fsp3) is 0.273. The Bertz CT molecular complexity index is 1360. The minimum Gasteiger partial charge on any atom is -0.473 e. The second-order valence-corrected chi connectivity index (χ2v) is 9.58. The van der Waals surface area contributed by atoms with Crippen LogP contribution in [-0.2, 0) is 10.3 Å². The van der Waals surface area contributed by atoms with Crippen molar-refractivity contribution >= 4 is 22.5 Å². The van der Waals surface area contributed by atoms with Gasteiger partial charge in [-0.2, -0.15) is 0 Å². The van der Waals surface area contributed by atoms with Gasteiger partial charge in [-0.1, -0.05) is 91.3 Å². The van der Waals surface area contributed by atoms with Gasteiger partial charge < -0.3 is 19.5 Å². The summed E-state index contributed by atoms with van der Waals surface area (Å²) in [7, 11) is 0. The normalized spacial score (nSPS) is 18.5. The minimum atomic E-state index is -0.674. The highest BCUT2D eigenvalue weighted by atomic mass is 16.5. The van der Waals surface area contributed by atoms with Gasteiger partial charge in [0, 0.05) is 53.5 Å². The van der Waals surface area contributed by atoms with Crippen LogP contribution in [0.4, 0.5) is 5.69 Å². The highest BCUT2D eigenvalue weighted by molar-refractivity contribution is 6.02. The van der Waals surface area contributed by atoms with Crippen molar-refractivity contribution < 1.29 is 14.6 Å². The van der Waals surface area contributed by atoms with E-state index in [1.54, 1.807) is 0 Å². The smallest absolute Gasteiger partial charge is 0.178 e. The van der Waals surface area contributed by atoms with Crippen molar-refractivity contribution in [3.05, 3.63) is 113 Å². The number of hydrogen-bond donors (Lipinski definition) is 1. The van der Waals surface area contributed by atoms with Crippen LogP contribution < -0.4 is 9.64 Å². The second kappa shape index (κ2) is 11.2. The zero-order valence-corrected chi connectivity index (χ0v) is 21.7. The summed E-state index contributed by atoms with van der Waals surface area (Å²) in [5, 5.41) is 10.4. The number of ether oxygens (including phenoxy) is 2. The average Bonchev–Trinajstić information content (AvgIpc) is 2.98. The fourth-order valence-electron chi connectivity index (χ4n) is 5.05. The third kappa shape index (κ3) is 5.00. The van der Waals surface area contributed by atoms with Crippen LogP contribution in [0.5, 0.6) is 5.75 Å². The summed E-state index contributed by atoms with van der Waals surface area (Å²) in [5.41, 5.74) is 5.17. The van der Waals surface area contributed by atoms with Gasteiger partial charge in [-0.15, -0.1) is 0 Å². The molecule has 1 fully saturated rings. The monoisotopic (exact) mass is 493 g/mol. The van der Waals surface area contributed by atoms with Gasteiger partial charge >= 0.3 is 0 Å². The Morgan fingerprint density at radius 2 is 1.46 bits per heavy atom. The standard InChI is InChI=1S/C30H27NO2.C3H8O/c1-22-11-13-24(14-12-22)30(23-7-3-2-4-8-23)16-15-27-25-9-5-6-10-26(25)28(21-29(27)33-30)31-17-19-32-20-18-31;1-2-3-4/h2-16,21H,17-20H2,1H3;4H,2-3H2,1H3. The first-order chi connectivity index (χ1) is 18.2. The number of hydrogen-bond acceptors (Lipinski definition) is 4. The van der Waals surface area contributed by atoms with Crippen molar-refractivity contribution in [2.24, 2.45) is 0 Å². The lowest BCUT2D eigenvalue weighted by atomic mass is 9.83. The SMILES string of the molecule is CCCO.Cc1ccc(C2(c3ccccc3)C=Cc3c(cc(N4CCOCC4)c4ccccc34)O2)cc1. The van der Waals surface area contributed by atoms with Gasteiger partial charge in [0.15, 0.2) is 5.60 Å². The molecule has 0 spiro atoms. The molecular weight excluding hydrogens is 458 g/mol. The quantitative estimate of drug-likeness (QED) is 0.343. The summed E-state index contributed by atoms with van der Waals surface area (Å²) in [4.78, 5) is 2.42. The van der Waals surface area contributed by atoms with Gasteiger partial charge in [-0.05, 0) is 30.9 Å². The molecule has 37 heavy (non-hydrogen) atoms. The van der Waals surface area contributed by atoms with Crippen molar-refractivity contribution in [1.29, 1.82) is 0 Å². The lowest BCUT2D eigenvalue weighted by Gasteiger charge is -2.38. The first kappa shape index (κ1) is 25.1. The van der Waals surface area contributed by atoms with E-state index in [9.17, 15) is 0 Å². The second-order valence-electron chi connectivity index (χ2n) is 9.58. The summed E-state index contributed by atoms with van der Waals surface area (Å²) >= 11 is 0. The molecule has 2 aliphatic heterocycles. The van der Waals surface area contributed by atoms with Crippen LogP contribution in [0.25, 0.3) is 16.8 Å². The Kier molecular flexibility index (Phi) is 7.59. The molecule has 4 aromatic carbocycles. The zero-order valence-electron chi connectivity index (χ0n) is 21.7. The molecule has 0 aromatic heterocycles. The van der Waals surface area contributed by atoms with E-state index in [2.05, 4.69) is 109 Å². The summed E-state index contributed by atoms with van der Waals surface area (Å²) in [6.07, 6.45) is 5.34. The molecule has 0 aliphatic carbocycles. The molecule has 0 bridgehead atoms. The zero-order chi connectivity index (χ0) is 25.7. The molecule has 2 aliphatic rings. The third-order valence-corrected chi connectivity index (χ3v) is 7.04. The first-order valence-electron chi connectivity index (χ1n) is 13.2. The highest BCUT2D eigenvalue weighted by Crippen LogP contribution is 2.46. The van der Waals surface area contributed by atoms with Crippen LogP contribution in [0.3, 0.4) is 0 Å². The van der Waals surface area contributed by atoms with Crippen molar-refractivity contribution in [2.75, 3.05) is 37.8 Å². The number of aryl methyl sites for hydroxylation is 1. The van der Waals surface area contributed by atoms with Gasteiger partial charge in [0.05, 0.1) is 13.2 Å². The maximum atomic E-state index is 7.88. The predicted octanol–water partition coefficient (Wildman–Crippen LogP) is 6.72. The predicted molar refractivity (Wildman–Crippen MR) is 152 cm³/mol. The number of fused-ring (bicyclic) bond motifs is 3. The molecule has 0 saturated carbocycles. The summed E-state index contributed by atoms with van der Waals surface area (Å²) < 4.78 is 12.6. The van der Waals surface area contributed by atoms with Gasteiger partial charge in [-0.25, -0.2) is 0 Å². The molecule has 1 unspecified atom stereocenters. The number of rotatable bonds is 4. The molecule has 6 rings (SSSR count). The molecule has 1 N–H and O–H groups in total. The van der Waals surface area contributed by atoms with Crippen LogP contribution >= 0.6 is 0 Å². The topological polar surface area (TPSA) is 41.9 Å². The molecule has 4 heteroatoms. The summed E-state index contributed by atoms with van der Waals surface area (Å²) in [6, 6.07) is 30.1. The lowest BCUT2D eigenvalue weighted by Crippen LogP contribution is -2.37. The molecule has 4 aromatic rings. The molecule has 0 amide bonds. The molecule has 0 radical (unpaired) electrons. The van der Waals surface area contributed by atoms with Gasteiger partial charge in [-0.3, -0.25) is 0 Å². The minimum absolute atomic E-state index is 0.319. The molecule has 4 nitrogen and oxygen atoms in total. The summed E-state index contributed by atoms with van der Waals surface area (Å²) in [5.74, 6) is 0.919. The van der Waals surface area contributed by atoms with E-state index in [0.29, 0.717) is 6.61 Å². The van der Waals surface area contributed by atoms with Crippen LogP contribution in [0.2, 0.25) is 0 Å². The van der Waals surface area contributed by atoms with E-state index < -0.39 is 5.60 Å². The largest absolute Gasteiger partial charge is 0.473 e. The fourth-order valence-corrected chi connectivity index (χ4v) is 5.05. The van der Waals surface area contributed by atoms with Crippen LogP contribution in [0, 0.1) is 6.92 Å². The first-order valence-corrected chi connectivity index (χ1v) is 13.2. The van der Waals surface area contributed by atoms with Crippen molar-refractivity contribution in [3.63, 3.8) is 0 Å². The van der Waals surface area contributed by atoms with Crippen molar-refractivity contribution in [3.8, 4) is 5.75 Å². The van der Waals surface area contributed by atoms with Crippen molar-refractivity contribution in [2.45, 2.75) is 25.9 Å². The number of benzene rings is 4. The Balaban J connectivity index is 0.000000655. The molecule has 2 heterocycles. The number of anilines is 1. The Hall–Kier alpha value is -3.60. The van der Waals surface area contributed by atoms with Gasteiger partial charge in [0.1, 0.15) is 5.75 Å². The molecule has 1 saturated heterocycles. The van der Waals surface area contributed by atoms with E-state index in [-0.39, 0.29) is 0 Å². The average molecular weight is 494 g/mol. The van der Waals surface area contributed by atoms with Gasteiger partial charge in [0.25, 0.3) is 0 Å². The van der Waals surface area contributed by atoms with Gasteiger partial charge in [0.2, 0.25) is 0 Å². The van der Waals surface area contributed by atoms with Crippen LogP contribution in [-0.4, -0.2) is 38.0 Å². The van der Waals surface area contributed by atoms with E-state index in [1.165, 1.54) is 22.0 Å².